The lowest BCUT2D eigenvalue weighted by atomic mass is 10.3. The second-order valence-electron chi connectivity index (χ2n) is 1.57. The molecule has 0 spiro atoms. The van der Waals surface area contributed by atoms with Gasteiger partial charge in [-0.15, -0.1) is 11.6 Å². The Labute approximate surface area is 73.4 Å². The Morgan fingerprint density at radius 1 is 1.60 bits per heavy atom. The maximum absolute atomic E-state index is 9.99. The van der Waals surface area contributed by atoms with Gasteiger partial charge < -0.3 is 5.11 Å². The summed E-state index contributed by atoms with van der Waals surface area (Å²) in [6.07, 6.45) is 1.09. The van der Waals surface area contributed by atoms with E-state index in [1.54, 1.807) is 0 Å². The molecule has 10 heavy (non-hydrogen) atoms. The molecular weight excluding hydrogens is 198 g/mol. The first-order chi connectivity index (χ1) is 4.52. The van der Waals surface area contributed by atoms with Crippen LogP contribution in [0.1, 0.15) is 6.42 Å². The van der Waals surface area contributed by atoms with E-state index in [4.69, 9.17) is 39.9 Å². The third-order valence-electron chi connectivity index (χ3n) is 0.676. The minimum Gasteiger partial charge on any atom is -0.481 e. The van der Waals surface area contributed by atoms with Gasteiger partial charge in [0.15, 0.2) is 0 Å². The molecule has 0 amide bonds. The number of carboxylic acids is 1. The molecule has 0 saturated heterocycles. The van der Waals surface area contributed by atoms with Gasteiger partial charge in [-0.25, -0.2) is 0 Å². The van der Waals surface area contributed by atoms with Crippen LogP contribution in [0.4, 0.5) is 0 Å². The van der Waals surface area contributed by atoms with E-state index in [0.717, 1.165) is 0 Å². The molecule has 58 valence electrons. The molecule has 0 aliphatic carbocycles. The van der Waals surface area contributed by atoms with E-state index >= 15 is 0 Å². The van der Waals surface area contributed by atoms with E-state index in [-0.39, 0.29) is 10.9 Å². The van der Waals surface area contributed by atoms with Crippen LogP contribution in [0.15, 0.2) is 10.6 Å². The Morgan fingerprint density at radius 3 is 2.40 bits per heavy atom. The average Bonchev–Trinajstić information content (AvgIpc) is 1.58. The molecule has 0 heterocycles. The van der Waals surface area contributed by atoms with Crippen molar-refractivity contribution in [2.75, 3.05) is 0 Å². The predicted molar refractivity (Wildman–Crippen MR) is 41.7 cm³/mol. The number of hydrogen-bond donors (Lipinski definition) is 1. The first kappa shape index (κ1) is 10.1. The Morgan fingerprint density at radius 2 is 2.10 bits per heavy atom. The second kappa shape index (κ2) is 4.83. The Hall–Kier alpha value is 0.0800. The predicted octanol–water partition coefficient (Wildman–Crippen LogP) is 2.39. The van der Waals surface area contributed by atoms with Gasteiger partial charge in [-0.1, -0.05) is 23.2 Å². The minimum absolute atomic E-state index is 0.0127. The lowest BCUT2D eigenvalue weighted by molar-refractivity contribution is -0.136. The highest BCUT2D eigenvalue weighted by Gasteiger charge is 2.06. The van der Waals surface area contributed by atoms with E-state index in [2.05, 4.69) is 0 Å². The Kier molecular flexibility index (Phi) is 4.87. The van der Waals surface area contributed by atoms with E-state index in [1.165, 1.54) is 6.08 Å². The van der Waals surface area contributed by atoms with Crippen LogP contribution in [0, 0.1) is 0 Å². The number of aliphatic carboxylic acids is 1. The van der Waals surface area contributed by atoms with Crippen LogP contribution >= 0.6 is 34.8 Å². The molecule has 2 nitrogen and oxygen atoms in total. The number of halogens is 3. The summed E-state index contributed by atoms with van der Waals surface area (Å²) in [5.41, 5.74) is 0. The summed E-state index contributed by atoms with van der Waals surface area (Å²) in [6.45, 7) is 0. The maximum atomic E-state index is 9.99. The van der Waals surface area contributed by atoms with Crippen molar-refractivity contribution < 1.29 is 9.90 Å². The van der Waals surface area contributed by atoms with E-state index in [0.29, 0.717) is 0 Å². The topological polar surface area (TPSA) is 37.3 Å². The SMILES string of the molecule is O=C(O)CC(Cl)C=C(Cl)Cl. The van der Waals surface area contributed by atoms with Gasteiger partial charge in [0, 0.05) is 0 Å². The molecule has 1 atom stereocenters. The highest BCUT2D eigenvalue weighted by molar-refractivity contribution is 6.56. The van der Waals surface area contributed by atoms with Crippen molar-refractivity contribution >= 4 is 40.8 Å². The quantitative estimate of drug-likeness (QED) is 0.715. The Balaban J connectivity index is 3.75. The fourth-order valence-corrected chi connectivity index (χ4v) is 1.05. The lowest BCUT2D eigenvalue weighted by Gasteiger charge is -1.96. The number of carbonyl (C=O) groups is 1. The van der Waals surface area contributed by atoms with Crippen LogP contribution in [-0.2, 0) is 4.79 Å². The monoisotopic (exact) mass is 202 g/mol. The van der Waals surface area contributed by atoms with Gasteiger partial charge in [0.1, 0.15) is 4.49 Å². The number of rotatable bonds is 3. The van der Waals surface area contributed by atoms with Gasteiger partial charge >= 0.3 is 5.97 Å². The standard InChI is InChI=1S/C5H5Cl3O2/c6-3(1-4(7)8)2-5(9)10/h1,3H,2H2,(H,9,10). The summed E-state index contributed by atoms with van der Waals surface area (Å²) < 4.78 is -0.0127. The lowest BCUT2D eigenvalue weighted by Crippen LogP contribution is -2.03. The summed E-state index contributed by atoms with van der Waals surface area (Å²) in [4.78, 5) is 9.99. The summed E-state index contributed by atoms with van der Waals surface area (Å²) in [5.74, 6) is -0.981. The molecule has 5 heteroatoms. The number of alkyl halides is 1. The van der Waals surface area contributed by atoms with Crippen LogP contribution in [0.5, 0.6) is 0 Å². The van der Waals surface area contributed by atoms with Crippen molar-refractivity contribution in [1.29, 1.82) is 0 Å². The zero-order chi connectivity index (χ0) is 8.15. The van der Waals surface area contributed by atoms with Gasteiger partial charge in [0.05, 0.1) is 11.8 Å². The molecule has 0 radical (unpaired) electrons. The van der Waals surface area contributed by atoms with Crippen LogP contribution in [-0.4, -0.2) is 16.5 Å². The summed E-state index contributed by atoms with van der Waals surface area (Å²) in [6, 6.07) is 0. The van der Waals surface area contributed by atoms with Crippen LogP contribution in [0.2, 0.25) is 0 Å². The second-order valence-corrected chi connectivity index (χ2v) is 3.14. The molecule has 0 aliphatic rings. The number of allylic oxidation sites excluding steroid dienone is 1. The van der Waals surface area contributed by atoms with Crippen molar-refractivity contribution in [3.05, 3.63) is 10.6 Å². The van der Waals surface area contributed by atoms with Crippen LogP contribution in [0.25, 0.3) is 0 Å². The van der Waals surface area contributed by atoms with Gasteiger partial charge in [-0.3, -0.25) is 4.79 Å². The van der Waals surface area contributed by atoms with Crippen molar-refractivity contribution in [3.63, 3.8) is 0 Å². The smallest absolute Gasteiger partial charge is 0.305 e. The molecule has 0 aliphatic heterocycles. The van der Waals surface area contributed by atoms with Crippen LogP contribution in [0.3, 0.4) is 0 Å². The molecule has 0 aromatic rings. The van der Waals surface area contributed by atoms with E-state index in [9.17, 15) is 4.79 Å². The molecule has 0 rings (SSSR count). The van der Waals surface area contributed by atoms with Gasteiger partial charge in [-0.2, -0.15) is 0 Å². The van der Waals surface area contributed by atoms with Crippen molar-refractivity contribution in [2.45, 2.75) is 11.8 Å². The van der Waals surface area contributed by atoms with Crippen molar-refractivity contribution in [2.24, 2.45) is 0 Å². The normalized spacial score (nSPS) is 12.3. The molecule has 1 unspecified atom stereocenters. The zero-order valence-corrected chi connectivity index (χ0v) is 7.12. The summed E-state index contributed by atoms with van der Waals surface area (Å²) >= 11 is 15.9. The molecular formula is C5H5Cl3O2. The van der Waals surface area contributed by atoms with Gasteiger partial charge in [0.2, 0.25) is 0 Å². The van der Waals surface area contributed by atoms with Gasteiger partial charge in [-0.05, 0) is 6.08 Å². The fraction of sp³-hybridized carbons (Fsp3) is 0.400. The minimum atomic E-state index is -0.981. The van der Waals surface area contributed by atoms with E-state index < -0.39 is 11.3 Å². The summed E-state index contributed by atoms with van der Waals surface area (Å²) in [5, 5.41) is 7.56. The first-order valence-electron chi connectivity index (χ1n) is 2.41. The molecule has 0 fully saturated rings. The number of carboxylic acid groups (broad SMARTS) is 1. The molecule has 0 saturated carbocycles. The Bertz CT molecular complexity index is 151. The highest BCUT2D eigenvalue weighted by Crippen LogP contribution is 2.13. The van der Waals surface area contributed by atoms with Crippen molar-refractivity contribution in [3.8, 4) is 0 Å². The first-order valence-corrected chi connectivity index (χ1v) is 3.60. The molecule has 1 N–H and O–H groups in total. The highest BCUT2D eigenvalue weighted by atomic mass is 35.5. The third kappa shape index (κ3) is 6.20. The third-order valence-corrected chi connectivity index (χ3v) is 1.21. The fourth-order valence-electron chi connectivity index (χ4n) is 0.362. The van der Waals surface area contributed by atoms with Crippen molar-refractivity contribution in [1.82, 2.24) is 0 Å². The van der Waals surface area contributed by atoms with E-state index in [1.807, 2.05) is 0 Å². The molecule has 0 bridgehead atoms. The van der Waals surface area contributed by atoms with Gasteiger partial charge in [0.25, 0.3) is 0 Å². The zero-order valence-electron chi connectivity index (χ0n) is 4.85. The largest absolute Gasteiger partial charge is 0.481 e. The molecule has 0 aromatic carbocycles. The van der Waals surface area contributed by atoms with Crippen LogP contribution < -0.4 is 0 Å². The average molecular weight is 203 g/mol. The maximum Gasteiger partial charge on any atom is 0.305 e. The molecule has 0 aromatic heterocycles. The number of hydrogen-bond acceptors (Lipinski definition) is 1. The summed E-state index contributed by atoms with van der Waals surface area (Å²) in [7, 11) is 0.